The van der Waals surface area contributed by atoms with E-state index >= 15 is 0 Å². The van der Waals surface area contributed by atoms with Crippen LogP contribution in [0.15, 0.2) is 24.3 Å². The Balaban J connectivity index is 1.87. The van der Waals surface area contributed by atoms with E-state index in [-0.39, 0.29) is 24.1 Å². The van der Waals surface area contributed by atoms with Gasteiger partial charge in [0.25, 0.3) is 0 Å². The molecule has 0 atom stereocenters. The average molecular weight is 237 g/mol. The molecule has 0 saturated carbocycles. The molecule has 4 heteroatoms. The van der Waals surface area contributed by atoms with Crippen LogP contribution in [0.25, 0.3) is 0 Å². The van der Waals surface area contributed by atoms with Crippen molar-refractivity contribution in [1.29, 1.82) is 0 Å². The van der Waals surface area contributed by atoms with Gasteiger partial charge in [0.15, 0.2) is 5.78 Å². The number of rotatable bonds is 4. The molecule has 3 nitrogen and oxygen atoms in total. The number of carbonyl (C=O) groups excluding carboxylic acids is 1. The maximum atomic E-state index is 13.3. The number of nitrogens with one attached hydrogen (secondary N) is 1. The van der Waals surface area contributed by atoms with Crippen molar-refractivity contribution in [1.82, 2.24) is 5.32 Å². The highest BCUT2D eigenvalue weighted by Crippen LogP contribution is 2.11. The van der Waals surface area contributed by atoms with Gasteiger partial charge in [-0.2, -0.15) is 0 Å². The summed E-state index contributed by atoms with van der Waals surface area (Å²) in [4.78, 5) is 11.7. The zero-order valence-electron chi connectivity index (χ0n) is 9.62. The van der Waals surface area contributed by atoms with Gasteiger partial charge in [0.2, 0.25) is 0 Å². The number of carbonyl (C=O) groups is 1. The minimum absolute atomic E-state index is 0.0361. The molecule has 1 aromatic rings. The molecule has 1 N–H and O–H groups in total. The van der Waals surface area contributed by atoms with Gasteiger partial charge >= 0.3 is 0 Å². The summed E-state index contributed by atoms with van der Waals surface area (Å²) in [6.07, 6.45) is 1.93. The van der Waals surface area contributed by atoms with Crippen molar-refractivity contribution in [2.75, 3.05) is 19.7 Å². The average Bonchev–Trinajstić information content (AvgIpc) is 2.38. The zero-order chi connectivity index (χ0) is 12.1. The van der Waals surface area contributed by atoms with Gasteiger partial charge in [-0.25, -0.2) is 4.39 Å². The fourth-order valence-corrected chi connectivity index (χ4v) is 1.92. The third-order valence-corrected chi connectivity index (χ3v) is 2.91. The number of hydrogen-bond acceptors (Lipinski definition) is 3. The Bertz CT molecular complexity index is 389. The van der Waals surface area contributed by atoms with Crippen molar-refractivity contribution in [3.05, 3.63) is 35.6 Å². The van der Waals surface area contributed by atoms with Crippen LogP contribution in [0.4, 0.5) is 4.39 Å². The lowest BCUT2D eigenvalue weighted by molar-refractivity contribution is 0.0315. The van der Waals surface area contributed by atoms with Gasteiger partial charge < -0.3 is 10.1 Å². The van der Waals surface area contributed by atoms with E-state index in [2.05, 4.69) is 5.32 Å². The summed E-state index contributed by atoms with van der Waals surface area (Å²) in [7, 11) is 0. The molecule has 1 aliphatic heterocycles. The van der Waals surface area contributed by atoms with Crippen LogP contribution in [-0.2, 0) is 4.74 Å². The molecule has 0 aliphatic carbocycles. The fourth-order valence-electron chi connectivity index (χ4n) is 1.92. The molecule has 0 spiro atoms. The van der Waals surface area contributed by atoms with Crippen LogP contribution < -0.4 is 5.32 Å². The van der Waals surface area contributed by atoms with E-state index in [4.69, 9.17) is 4.74 Å². The molecule has 1 aromatic carbocycles. The standard InChI is InChI=1S/C13H16FNO2/c14-12-4-2-1-3-11(12)13(16)9-17-10-5-7-15-8-6-10/h1-4,10,15H,5-9H2. The molecule has 2 rings (SSSR count). The Kier molecular flexibility index (Phi) is 4.23. The quantitative estimate of drug-likeness (QED) is 0.811. The van der Waals surface area contributed by atoms with Crippen LogP contribution in [0, 0.1) is 5.82 Å². The predicted molar refractivity (Wildman–Crippen MR) is 62.6 cm³/mol. The normalized spacial score (nSPS) is 17.0. The molecular weight excluding hydrogens is 221 g/mol. The molecule has 17 heavy (non-hydrogen) atoms. The monoisotopic (exact) mass is 237 g/mol. The SMILES string of the molecule is O=C(COC1CCNCC1)c1ccccc1F. The van der Waals surface area contributed by atoms with Crippen LogP contribution in [0.2, 0.25) is 0 Å². The highest BCUT2D eigenvalue weighted by molar-refractivity contribution is 5.97. The third kappa shape index (κ3) is 3.35. The fraction of sp³-hybridized carbons (Fsp3) is 0.462. The van der Waals surface area contributed by atoms with Crippen LogP contribution >= 0.6 is 0 Å². The van der Waals surface area contributed by atoms with Crippen molar-refractivity contribution >= 4 is 5.78 Å². The summed E-state index contributed by atoms with van der Waals surface area (Å²) in [5.41, 5.74) is 0.112. The number of hydrogen-bond donors (Lipinski definition) is 1. The molecule has 0 unspecified atom stereocenters. The van der Waals surface area contributed by atoms with Crippen LogP contribution in [0.5, 0.6) is 0 Å². The number of halogens is 1. The molecule has 1 saturated heterocycles. The van der Waals surface area contributed by atoms with E-state index in [0.29, 0.717) is 0 Å². The summed E-state index contributed by atoms with van der Waals surface area (Å²) in [5.74, 6) is -0.770. The second-order valence-electron chi connectivity index (χ2n) is 4.16. The van der Waals surface area contributed by atoms with Gasteiger partial charge in [0.05, 0.1) is 11.7 Å². The Morgan fingerprint density at radius 3 is 2.76 bits per heavy atom. The molecule has 1 aliphatic rings. The first-order valence-electron chi connectivity index (χ1n) is 5.87. The van der Waals surface area contributed by atoms with Crippen molar-refractivity contribution in [3.63, 3.8) is 0 Å². The van der Waals surface area contributed by atoms with Crippen molar-refractivity contribution in [2.24, 2.45) is 0 Å². The Morgan fingerprint density at radius 2 is 2.06 bits per heavy atom. The molecule has 1 fully saturated rings. The summed E-state index contributed by atoms with van der Waals surface area (Å²) in [6.45, 7) is 1.79. The number of ether oxygens (including phenoxy) is 1. The first kappa shape index (κ1) is 12.2. The van der Waals surface area contributed by atoms with Crippen molar-refractivity contribution < 1.29 is 13.9 Å². The first-order chi connectivity index (χ1) is 8.27. The Morgan fingerprint density at radius 1 is 1.35 bits per heavy atom. The Labute approximate surface area is 100.0 Å². The summed E-state index contributed by atoms with van der Waals surface area (Å²) >= 11 is 0. The molecule has 92 valence electrons. The van der Waals surface area contributed by atoms with E-state index in [1.807, 2.05) is 0 Å². The van der Waals surface area contributed by atoms with Gasteiger partial charge in [-0.1, -0.05) is 12.1 Å². The molecule has 0 radical (unpaired) electrons. The zero-order valence-corrected chi connectivity index (χ0v) is 9.62. The summed E-state index contributed by atoms with van der Waals surface area (Å²) in [5, 5.41) is 3.22. The van der Waals surface area contributed by atoms with Gasteiger partial charge in [0, 0.05) is 0 Å². The van der Waals surface area contributed by atoms with E-state index in [1.54, 1.807) is 12.1 Å². The lowest BCUT2D eigenvalue weighted by Gasteiger charge is -2.22. The van der Waals surface area contributed by atoms with Gasteiger partial charge in [0.1, 0.15) is 12.4 Å². The van der Waals surface area contributed by atoms with Gasteiger partial charge in [-0.15, -0.1) is 0 Å². The van der Waals surface area contributed by atoms with Crippen molar-refractivity contribution in [3.8, 4) is 0 Å². The maximum absolute atomic E-state index is 13.3. The largest absolute Gasteiger partial charge is 0.370 e. The number of piperidine rings is 1. The Hall–Kier alpha value is -1.26. The minimum Gasteiger partial charge on any atom is -0.370 e. The minimum atomic E-state index is -0.480. The third-order valence-electron chi connectivity index (χ3n) is 2.91. The highest BCUT2D eigenvalue weighted by Gasteiger charge is 2.16. The first-order valence-corrected chi connectivity index (χ1v) is 5.87. The number of ketones is 1. The summed E-state index contributed by atoms with van der Waals surface area (Å²) < 4.78 is 18.8. The molecule has 0 bridgehead atoms. The van der Waals surface area contributed by atoms with Crippen LogP contribution in [0.3, 0.4) is 0 Å². The molecule has 1 heterocycles. The van der Waals surface area contributed by atoms with E-state index in [0.717, 1.165) is 25.9 Å². The second kappa shape index (κ2) is 5.89. The van der Waals surface area contributed by atoms with Crippen molar-refractivity contribution in [2.45, 2.75) is 18.9 Å². The molecule has 0 aromatic heterocycles. The number of Topliss-reactive ketones (excluding diaryl/α,β-unsaturated/α-hetero) is 1. The summed E-state index contributed by atoms with van der Waals surface area (Å²) in [6, 6.07) is 6.00. The predicted octanol–water partition coefficient (Wildman–Crippen LogP) is 1.78. The second-order valence-corrected chi connectivity index (χ2v) is 4.16. The lowest BCUT2D eigenvalue weighted by Crippen LogP contribution is -2.33. The maximum Gasteiger partial charge on any atom is 0.191 e. The van der Waals surface area contributed by atoms with E-state index in [1.165, 1.54) is 12.1 Å². The van der Waals surface area contributed by atoms with E-state index < -0.39 is 5.82 Å². The highest BCUT2D eigenvalue weighted by atomic mass is 19.1. The van der Waals surface area contributed by atoms with Gasteiger partial charge in [-0.3, -0.25) is 4.79 Å². The molecular formula is C13H16FNO2. The topological polar surface area (TPSA) is 38.3 Å². The van der Waals surface area contributed by atoms with Crippen LogP contribution in [0.1, 0.15) is 23.2 Å². The van der Waals surface area contributed by atoms with Crippen LogP contribution in [-0.4, -0.2) is 31.6 Å². The van der Waals surface area contributed by atoms with Gasteiger partial charge in [-0.05, 0) is 38.1 Å². The number of benzene rings is 1. The lowest BCUT2D eigenvalue weighted by atomic mass is 10.1. The van der Waals surface area contributed by atoms with E-state index in [9.17, 15) is 9.18 Å². The smallest absolute Gasteiger partial charge is 0.191 e. The molecule has 0 amide bonds.